The fraction of sp³-hybridized carbons (Fsp3) is 0.462. The molecule has 4 N–H and O–H groups in total. The van der Waals surface area contributed by atoms with Crippen molar-refractivity contribution < 1.29 is 15.0 Å². The monoisotopic (exact) mass is 533 g/mol. The van der Waals surface area contributed by atoms with Gasteiger partial charge in [0, 0.05) is 38.4 Å². The van der Waals surface area contributed by atoms with Crippen LogP contribution < -0.4 is 15.8 Å². The third-order valence-corrected chi connectivity index (χ3v) is 7.36. The van der Waals surface area contributed by atoms with Crippen molar-refractivity contribution in [3.05, 3.63) is 46.4 Å². The van der Waals surface area contributed by atoms with Gasteiger partial charge in [0.15, 0.2) is 0 Å². The number of carbonyl (C=O) groups is 1. The Labute approximate surface area is 224 Å². The summed E-state index contributed by atoms with van der Waals surface area (Å²) in [6.07, 6.45) is 2.08. The lowest BCUT2D eigenvalue weighted by Gasteiger charge is -2.36. The molecule has 1 atom stereocenters. The molecule has 13 heteroatoms. The Bertz CT molecular complexity index is 1410. The number of aliphatic hydroxyl groups excluding tert-OH is 1. The zero-order valence-corrected chi connectivity index (χ0v) is 21.5. The maximum absolute atomic E-state index is 12.6. The minimum Gasteiger partial charge on any atom is -0.481 e. The van der Waals surface area contributed by atoms with Gasteiger partial charge in [0.05, 0.1) is 24.6 Å². The van der Waals surface area contributed by atoms with Gasteiger partial charge in [-0.15, -0.1) is 0 Å². The summed E-state index contributed by atoms with van der Waals surface area (Å²) in [7, 11) is 0. The maximum atomic E-state index is 12.6. The predicted molar refractivity (Wildman–Crippen MR) is 143 cm³/mol. The molecule has 0 radical (unpaired) electrons. The van der Waals surface area contributed by atoms with Crippen LogP contribution in [0, 0.1) is 17.2 Å². The molecule has 2 aromatic heterocycles. The highest BCUT2D eigenvalue weighted by atomic mass is 16.4. The van der Waals surface area contributed by atoms with Crippen LogP contribution in [0.25, 0.3) is 10.9 Å². The fourth-order valence-electron chi connectivity index (χ4n) is 5.08. The van der Waals surface area contributed by atoms with Crippen molar-refractivity contribution in [2.75, 3.05) is 49.5 Å². The number of nitriles is 1. The molecule has 39 heavy (non-hydrogen) atoms. The van der Waals surface area contributed by atoms with Crippen LogP contribution >= 0.6 is 0 Å². The van der Waals surface area contributed by atoms with E-state index in [-0.39, 0.29) is 12.3 Å². The van der Waals surface area contributed by atoms with Crippen LogP contribution in [0.5, 0.6) is 0 Å². The Morgan fingerprint density at radius 1 is 1.13 bits per heavy atom. The van der Waals surface area contributed by atoms with Gasteiger partial charge >= 0.3 is 5.97 Å². The second kappa shape index (κ2) is 11.7. The fourth-order valence-corrected chi connectivity index (χ4v) is 5.08. The molecule has 0 bridgehead atoms. The Kier molecular flexibility index (Phi) is 7.97. The summed E-state index contributed by atoms with van der Waals surface area (Å²) < 4.78 is 0. The lowest BCUT2D eigenvalue weighted by Crippen LogP contribution is -2.50. The minimum absolute atomic E-state index is 0.0526. The third-order valence-electron chi connectivity index (χ3n) is 7.36. The number of nitrogens with one attached hydrogen (secondary N) is 2. The lowest BCUT2D eigenvalue weighted by molar-refractivity contribution is -0.143. The van der Waals surface area contributed by atoms with Gasteiger partial charge in [-0.25, -0.2) is 10.1 Å². The van der Waals surface area contributed by atoms with Gasteiger partial charge in [-0.1, -0.05) is 12.1 Å². The van der Waals surface area contributed by atoms with E-state index >= 15 is 0 Å². The van der Waals surface area contributed by atoms with E-state index in [9.17, 15) is 19.8 Å². The molecule has 3 aromatic rings. The van der Waals surface area contributed by atoms with Crippen LogP contribution in [0.2, 0.25) is 0 Å². The first-order chi connectivity index (χ1) is 18.9. The van der Waals surface area contributed by atoms with Crippen LogP contribution in [0.15, 0.2) is 35.3 Å². The number of H-pyrrole nitrogens is 1. The molecule has 0 amide bonds. The van der Waals surface area contributed by atoms with Crippen molar-refractivity contribution >= 4 is 34.3 Å². The van der Waals surface area contributed by atoms with Crippen LogP contribution in [0.1, 0.15) is 24.8 Å². The molecule has 0 aliphatic carbocycles. The number of benzene rings is 1. The molecule has 2 fully saturated rings. The Morgan fingerprint density at radius 3 is 2.51 bits per heavy atom. The normalized spacial score (nSPS) is 18.1. The maximum Gasteiger partial charge on any atom is 0.306 e. The first-order valence-electron chi connectivity index (χ1n) is 13.0. The molecule has 1 unspecified atom stereocenters. The van der Waals surface area contributed by atoms with Crippen molar-refractivity contribution in [1.29, 1.82) is 5.26 Å². The number of aliphatic hydroxyl groups is 1. The van der Waals surface area contributed by atoms with E-state index in [2.05, 4.69) is 25.4 Å². The SMILES string of the molecule is N#CCC(O)N1CCN(c2nc(Nc3ccc(CN4CCC(C(=O)O)CC4)cc3)c3c(=O)[nH]ncc3n2)CC1. The molecular formula is C26H31N9O4. The van der Waals surface area contributed by atoms with Gasteiger partial charge in [0.25, 0.3) is 5.56 Å². The Hall–Kier alpha value is -4.12. The summed E-state index contributed by atoms with van der Waals surface area (Å²) >= 11 is 0. The lowest BCUT2D eigenvalue weighted by atomic mass is 9.97. The van der Waals surface area contributed by atoms with Crippen LogP contribution in [0.3, 0.4) is 0 Å². The molecule has 2 saturated heterocycles. The van der Waals surface area contributed by atoms with Crippen molar-refractivity contribution in [1.82, 2.24) is 30.0 Å². The van der Waals surface area contributed by atoms with Gasteiger partial charge in [-0.2, -0.15) is 15.3 Å². The van der Waals surface area contributed by atoms with Crippen molar-refractivity contribution in [2.24, 2.45) is 5.92 Å². The molecule has 2 aliphatic heterocycles. The summed E-state index contributed by atoms with van der Waals surface area (Å²) in [4.78, 5) is 39.2. The van der Waals surface area contributed by atoms with E-state index in [4.69, 9.17) is 10.2 Å². The Morgan fingerprint density at radius 2 is 1.85 bits per heavy atom. The number of aromatic nitrogens is 4. The Balaban J connectivity index is 1.30. The highest BCUT2D eigenvalue weighted by molar-refractivity contribution is 5.90. The van der Waals surface area contributed by atoms with Gasteiger partial charge < -0.3 is 20.4 Å². The number of hydrogen-bond donors (Lipinski definition) is 4. The number of piperazine rings is 1. The predicted octanol–water partition coefficient (Wildman–Crippen LogP) is 1.11. The van der Waals surface area contributed by atoms with E-state index < -0.39 is 17.8 Å². The molecular weight excluding hydrogens is 502 g/mol. The number of aliphatic carboxylic acids is 1. The highest BCUT2D eigenvalue weighted by Crippen LogP contribution is 2.25. The average Bonchev–Trinajstić information content (AvgIpc) is 2.94. The van der Waals surface area contributed by atoms with Gasteiger partial charge in [-0.05, 0) is 43.6 Å². The minimum atomic E-state index is -0.797. The third kappa shape index (κ3) is 6.14. The summed E-state index contributed by atoms with van der Waals surface area (Å²) in [5, 5.41) is 38.1. The average molecular weight is 534 g/mol. The number of hydrogen-bond acceptors (Lipinski definition) is 11. The molecule has 204 valence electrons. The van der Waals surface area contributed by atoms with E-state index in [1.807, 2.05) is 40.1 Å². The van der Waals surface area contributed by atoms with Crippen molar-refractivity contribution in [3.8, 4) is 6.07 Å². The summed E-state index contributed by atoms with van der Waals surface area (Å²) in [5.74, 6) is -0.142. The highest BCUT2D eigenvalue weighted by Gasteiger charge is 2.26. The molecule has 0 saturated carbocycles. The summed E-state index contributed by atoms with van der Waals surface area (Å²) in [6.45, 7) is 4.48. The van der Waals surface area contributed by atoms with E-state index in [0.29, 0.717) is 61.7 Å². The topological polar surface area (TPSA) is 175 Å². The van der Waals surface area contributed by atoms with E-state index in [1.165, 1.54) is 6.20 Å². The summed E-state index contributed by atoms with van der Waals surface area (Å²) in [5.41, 5.74) is 1.89. The van der Waals surface area contributed by atoms with Crippen LogP contribution in [-0.4, -0.2) is 91.6 Å². The number of anilines is 3. The molecule has 4 heterocycles. The van der Waals surface area contributed by atoms with E-state index in [1.54, 1.807) is 0 Å². The summed E-state index contributed by atoms with van der Waals surface area (Å²) in [6, 6.07) is 9.86. The molecule has 5 rings (SSSR count). The van der Waals surface area contributed by atoms with Gasteiger partial charge in [0.1, 0.15) is 22.9 Å². The van der Waals surface area contributed by atoms with Gasteiger partial charge in [0.2, 0.25) is 5.95 Å². The van der Waals surface area contributed by atoms with Crippen molar-refractivity contribution in [2.45, 2.75) is 32.0 Å². The van der Waals surface area contributed by atoms with Crippen LogP contribution in [-0.2, 0) is 11.3 Å². The molecule has 1 aromatic carbocycles. The number of rotatable bonds is 8. The molecule has 13 nitrogen and oxygen atoms in total. The number of aromatic amines is 1. The molecule has 2 aliphatic rings. The number of carboxylic acid groups (broad SMARTS) is 1. The second-order valence-electron chi connectivity index (χ2n) is 9.91. The van der Waals surface area contributed by atoms with Crippen molar-refractivity contribution in [3.63, 3.8) is 0 Å². The van der Waals surface area contributed by atoms with Gasteiger partial charge in [-0.3, -0.25) is 19.4 Å². The zero-order chi connectivity index (χ0) is 27.4. The molecule has 0 spiro atoms. The van der Waals surface area contributed by atoms with Crippen LogP contribution in [0.4, 0.5) is 17.5 Å². The largest absolute Gasteiger partial charge is 0.481 e. The zero-order valence-electron chi connectivity index (χ0n) is 21.5. The standard InChI is InChI=1S/C26H31N9O4/c27-8-5-21(36)34-11-13-35(14-12-34)26-30-20-15-28-32-24(37)22(20)23(31-26)29-19-3-1-17(2-4-19)16-33-9-6-18(7-10-33)25(38)39/h1-4,15,18,21,36H,5-7,9-14,16H2,(H,32,37)(H,38,39)(H,29,30,31). The number of likely N-dealkylation sites (tertiary alicyclic amines) is 1. The number of fused-ring (bicyclic) bond motifs is 1. The smallest absolute Gasteiger partial charge is 0.306 e. The first kappa shape index (κ1) is 26.5. The number of nitrogens with zero attached hydrogens (tertiary/aromatic N) is 7. The number of carboxylic acids is 1. The first-order valence-corrected chi connectivity index (χ1v) is 13.0. The van der Waals surface area contributed by atoms with E-state index in [0.717, 1.165) is 30.9 Å². The quantitative estimate of drug-likeness (QED) is 0.325. The second-order valence-corrected chi connectivity index (χ2v) is 9.91. The number of piperidine rings is 1.